The first kappa shape index (κ1) is 28.1. The molecule has 7 aromatic carbocycles. The Bertz CT molecular complexity index is 3210. The van der Waals surface area contributed by atoms with Crippen molar-refractivity contribution in [2.45, 2.75) is 0 Å². The standard InChI is InChI=1S/C46H26N4S/c47-26-28-18-21-32-38-25-29(19-22-39(38)50(40(32)24-28)31-10-2-1-3-11-31)43-33-12-4-6-14-35(33)44(36-15-7-5-13-34(36)43)30-20-23-42-48-45-37-16-8-9-17-41(37)51-46(45)49(42)27-30/h1-25,27H. The fraction of sp³-hybridized carbons (Fsp3) is 0. The molecule has 0 amide bonds. The van der Waals surface area contributed by atoms with Crippen molar-refractivity contribution in [1.82, 2.24) is 14.0 Å². The summed E-state index contributed by atoms with van der Waals surface area (Å²) < 4.78 is 5.79. The average molecular weight is 667 g/mol. The summed E-state index contributed by atoms with van der Waals surface area (Å²) in [4.78, 5) is 6.22. The predicted molar refractivity (Wildman–Crippen MR) is 213 cm³/mol. The number of nitriles is 1. The number of pyridine rings is 1. The van der Waals surface area contributed by atoms with Gasteiger partial charge < -0.3 is 4.57 Å². The van der Waals surface area contributed by atoms with Crippen LogP contribution in [-0.2, 0) is 0 Å². The van der Waals surface area contributed by atoms with E-state index in [9.17, 15) is 5.26 Å². The highest BCUT2D eigenvalue weighted by Gasteiger charge is 2.20. The van der Waals surface area contributed by atoms with Crippen LogP contribution in [0.3, 0.4) is 0 Å². The average Bonchev–Trinajstić information content (AvgIpc) is 3.84. The highest BCUT2D eigenvalue weighted by atomic mass is 32.1. The van der Waals surface area contributed by atoms with Crippen molar-refractivity contribution in [3.8, 4) is 34.0 Å². The van der Waals surface area contributed by atoms with Gasteiger partial charge in [-0.25, -0.2) is 4.98 Å². The van der Waals surface area contributed by atoms with Gasteiger partial charge in [-0.3, -0.25) is 4.40 Å². The molecule has 0 N–H and O–H groups in total. The zero-order valence-electron chi connectivity index (χ0n) is 27.2. The van der Waals surface area contributed by atoms with Crippen molar-refractivity contribution >= 4 is 80.8 Å². The number of nitrogens with zero attached hydrogens (tertiary/aromatic N) is 4. The molecule has 0 radical (unpaired) electrons. The van der Waals surface area contributed by atoms with Gasteiger partial charge in [0.15, 0.2) is 0 Å². The molecule has 236 valence electrons. The number of imidazole rings is 1. The largest absolute Gasteiger partial charge is 0.309 e. The monoisotopic (exact) mass is 666 g/mol. The molecule has 51 heavy (non-hydrogen) atoms. The van der Waals surface area contributed by atoms with Crippen LogP contribution in [0.5, 0.6) is 0 Å². The van der Waals surface area contributed by atoms with Crippen LogP contribution < -0.4 is 0 Å². The summed E-state index contributed by atoms with van der Waals surface area (Å²) in [7, 11) is 0. The smallest absolute Gasteiger partial charge is 0.138 e. The lowest BCUT2D eigenvalue weighted by Crippen LogP contribution is -1.94. The Balaban J connectivity index is 1.19. The highest BCUT2D eigenvalue weighted by Crippen LogP contribution is 2.45. The van der Waals surface area contributed by atoms with Crippen LogP contribution in [0.1, 0.15) is 5.56 Å². The number of hydrogen-bond acceptors (Lipinski definition) is 3. The summed E-state index contributed by atoms with van der Waals surface area (Å²) in [6.07, 6.45) is 2.27. The van der Waals surface area contributed by atoms with E-state index in [0.717, 1.165) is 49.8 Å². The van der Waals surface area contributed by atoms with E-state index in [0.29, 0.717) is 5.56 Å². The summed E-state index contributed by atoms with van der Waals surface area (Å²) in [6.45, 7) is 0. The number of rotatable bonds is 3. The van der Waals surface area contributed by atoms with Crippen LogP contribution in [0, 0.1) is 11.3 Å². The molecule has 4 nitrogen and oxygen atoms in total. The maximum absolute atomic E-state index is 9.79. The Morgan fingerprint density at radius 1 is 0.529 bits per heavy atom. The molecule has 0 atom stereocenters. The number of thiophene rings is 1. The predicted octanol–water partition coefficient (Wildman–Crippen LogP) is 12.3. The Morgan fingerprint density at radius 3 is 1.90 bits per heavy atom. The van der Waals surface area contributed by atoms with Crippen LogP contribution in [0.15, 0.2) is 158 Å². The molecule has 0 aliphatic carbocycles. The van der Waals surface area contributed by atoms with Crippen LogP contribution in [0.2, 0.25) is 0 Å². The van der Waals surface area contributed by atoms with Crippen LogP contribution in [0.25, 0.3) is 97.4 Å². The van der Waals surface area contributed by atoms with Crippen molar-refractivity contribution in [3.63, 3.8) is 0 Å². The van der Waals surface area contributed by atoms with Gasteiger partial charge in [0.2, 0.25) is 0 Å². The molecule has 4 aromatic heterocycles. The Morgan fingerprint density at radius 2 is 1.18 bits per heavy atom. The lowest BCUT2D eigenvalue weighted by atomic mass is 9.86. The van der Waals surface area contributed by atoms with E-state index in [-0.39, 0.29) is 0 Å². The summed E-state index contributed by atoms with van der Waals surface area (Å²) in [6, 6.07) is 56.2. The lowest BCUT2D eigenvalue weighted by molar-refractivity contribution is 1.18. The first-order valence-corrected chi connectivity index (χ1v) is 17.8. The summed E-state index contributed by atoms with van der Waals surface area (Å²) in [5, 5.41) is 18.1. The van der Waals surface area contributed by atoms with Crippen LogP contribution >= 0.6 is 11.3 Å². The van der Waals surface area contributed by atoms with Gasteiger partial charge >= 0.3 is 0 Å². The molecule has 0 fully saturated rings. The SMILES string of the molecule is N#Cc1ccc2c3cc(-c4c5ccccc5c(-c5ccc6nc7c8ccccc8sc7n6c5)c5ccccc45)ccc3n(-c3ccccc3)c2c1. The third-order valence-electron chi connectivity index (χ3n) is 10.3. The summed E-state index contributed by atoms with van der Waals surface area (Å²) in [5.74, 6) is 0. The van der Waals surface area contributed by atoms with Gasteiger partial charge in [0.05, 0.1) is 22.7 Å². The first-order valence-electron chi connectivity index (χ1n) is 17.0. The van der Waals surface area contributed by atoms with Crippen LogP contribution in [0.4, 0.5) is 0 Å². The fourth-order valence-electron chi connectivity index (χ4n) is 8.15. The minimum absolute atomic E-state index is 0.650. The van der Waals surface area contributed by atoms with Gasteiger partial charge in [0.1, 0.15) is 16.0 Å². The van der Waals surface area contributed by atoms with E-state index >= 15 is 0 Å². The number of benzene rings is 7. The zero-order valence-corrected chi connectivity index (χ0v) is 28.0. The van der Waals surface area contributed by atoms with E-state index in [1.165, 1.54) is 47.6 Å². The molecule has 0 aliphatic rings. The van der Waals surface area contributed by atoms with E-state index in [1.54, 1.807) is 11.3 Å². The third-order valence-corrected chi connectivity index (χ3v) is 11.5. The van der Waals surface area contributed by atoms with Gasteiger partial charge in [-0.15, -0.1) is 11.3 Å². The minimum atomic E-state index is 0.650. The molecular weight excluding hydrogens is 641 g/mol. The summed E-state index contributed by atoms with van der Waals surface area (Å²) >= 11 is 1.80. The lowest BCUT2D eigenvalue weighted by Gasteiger charge is -2.18. The molecule has 0 bridgehead atoms. The van der Waals surface area contributed by atoms with Crippen molar-refractivity contribution in [1.29, 1.82) is 5.26 Å². The van der Waals surface area contributed by atoms with Gasteiger partial charge in [-0.05, 0) is 98.4 Å². The number of para-hydroxylation sites is 1. The van der Waals surface area contributed by atoms with Crippen molar-refractivity contribution in [3.05, 3.63) is 163 Å². The van der Waals surface area contributed by atoms with Gasteiger partial charge in [0, 0.05) is 32.7 Å². The molecule has 11 rings (SSSR count). The molecule has 11 aromatic rings. The molecule has 4 heterocycles. The molecule has 0 aliphatic heterocycles. The first-order chi connectivity index (χ1) is 25.2. The third kappa shape index (κ3) is 4.03. The van der Waals surface area contributed by atoms with Crippen molar-refractivity contribution < 1.29 is 0 Å². The number of fused-ring (bicyclic) bond motifs is 10. The van der Waals surface area contributed by atoms with E-state index < -0.39 is 0 Å². The maximum atomic E-state index is 9.79. The second kappa shape index (κ2) is 10.6. The quantitative estimate of drug-likeness (QED) is 0.176. The van der Waals surface area contributed by atoms with Gasteiger partial charge in [-0.2, -0.15) is 5.26 Å². The topological polar surface area (TPSA) is 46.0 Å². The van der Waals surface area contributed by atoms with Crippen molar-refractivity contribution in [2.75, 3.05) is 0 Å². The Labute approximate surface area is 296 Å². The van der Waals surface area contributed by atoms with Gasteiger partial charge in [-0.1, -0.05) is 97.1 Å². The molecule has 0 spiro atoms. The fourth-order valence-corrected chi connectivity index (χ4v) is 9.28. The van der Waals surface area contributed by atoms with E-state index in [2.05, 4.69) is 155 Å². The second-order valence-electron chi connectivity index (χ2n) is 13.1. The van der Waals surface area contributed by atoms with E-state index in [1.807, 2.05) is 18.2 Å². The summed E-state index contributed by atoms with van der Waals surface area (Å²) in [5.41, 5.74) is 10.6. The Hall–Kier alpha value is -6.74. The Kier molecular flexibility index (Phi) is 5.86. The molecule has 0 saturated heterocycles. The minimum Gasteiger partial charge on any atom is -0.309 e. The molecule has 0 unspecified atom stereocenters. The van der Waals surface area contributed by atoms with Crippen LogP contribution in [-0.4, -0.2) is 14.0 Å². The van der Waals surface area contributed by atoms with E-state index in [4.69, 9.17) is 4.98 Å². The number of aromatic nitrogens is 3. The molecule has 5 heteroatoms. The zero-order chi connectivity index (χ0) is 33.6. The second-order valence-corrected chi connectivity index (χ2v) is 14.1. The number of hydrogen-bond donors (Lipinski definition) is 0. The van der Waals surface area contributed by atoms with Crippen molar-refractivity contribution in [2.24, 2.45) is 0 Å². The normalized spacial score (nSPS) is 11.9. The molecule has 0 saturated carbocycles. The maximum Gasteiger partial charge on any atom is 0.138 e. The van der Waals surface area contributed by atoms with Gasteiger partial charge in [0.25, 0.3) is 0 Å². The highest BCUT2D eigenvalue weighted by molar-refractivity contribution is 7.25. The molecular formula is C46H26N4S.